The number of aryl methyl sites for hydroxylation is 1. The van der Waals surface area contributed by atoms with Crippen molar-refractivity contribution in [3.63, 3.8) is 0 Å². The zero-order chi connectivity index (χ0) is 31.1. The molecule has 1 aromatic carbocycles. The second-order valence-corrected chi connectivity index (χ2v) is 11.5. The van der Waals surface area contributed by atoms with E-state index in [0.29, 0.717) is 47.7 Å². The summed E-state index contributed by atoms with van der Waals surface area (Å²) in [7, 11) is -4.46. The number of carbonyl (C=O) groups is 3. The van der Waals surface area contributed by atoms with E-state index in [1.807, 2.05) is 32.0 Å². The summed E-state index contributed by atoms with van der Waals surface area (Å²) in [4.78, 5) is 54.7. The number of nitrogens with zero attached hydrogens (tertiary/aromatic N) is 3. The molecule has 3 heterocycles. The summed E-state index contributed by atoms with van der Waals surface area (Å²) in [5.41, 5.74) is 1.78. The third-order valence-electron chi connectivity index (χ3n) is 7.12. The molecule has 0 saturated carbocycles. The fraction of sp³-hybridized carbons (Fsp3) is 0.367. The molecule has 1 saturated heterocycles. The van der Waals surface area contributed by atoms with Crippen LogP contribution in [-0.4, -0.2) is 48.9 Å². The summed E-state index contributed by atoms with van der Waals surface area (Å²) < 4.78 is 40.3. The van der Waals surface area contributed by atoms with E-state index in [0.717, 1.165) is 24.2 Å². The number of benzene rings is 1. The van der Waals surface area contributed by atoms with Crippen LogP contribution >= 0.6 is 0 Å². The van der Waals surface area contributed by atoms with Gasteiger partial charge < -0.3 is 14.2 Å². The Morgan fingerprint density at radius 3 is 2.42 bits per heavy atom. The van der Waals surface area contributed by atoms with Crippen LogP contribution in [0.25, 0.3) is 23.1 Å². The van der Waals surface area contributed by atoms with Crippen LogP contribution < -0.4 is 15.1 Å². The Hall–Kier alpha value is -4.36. The molecule has 0 bridgehead atoms. The molecular formula is C30H34N3O9S+. The fourth-order valence-electron chi connectivity index (χ4n) is 4.76. The van der Waals surface area contributed by atoms with Crippen molar-refractivity contribution in [1.82, 2.24) is 5.06 Å². The Labute approximate surface area is 248 Å². The van der Waals surface area contributed by atoms with Gasteiger partial charge in [-0.05, 0) is 57.0 Å². The number of hydrogen-bond acceptors (Lipinski definition) is 9. The minimum atomic E-state index is -4.46. The predicted molar refractivity (Wildman–Crippen MR) is 157 cm³/mol. The lowest BCUT2D eigenvalue weighted by Gasteiger charge is -2.20. The second-order valence-electron chi connectivity index (χ2n) is 10.0. The predicted octanol–water partition coefficient (Wildman–Crippen LogP) is 3.51. The van der Waals surface area contributed by atoms with Gasteiger partial charge in [0.05, 0.1) is 5.56 Å². The van der Waals surface area contributed by atoms with Gasteiger partial charge in [0.2, 0.25) is 5.69 Å². The summed E-state index contributed by atoms with van der Waals surface area (Å²) in [5, 5.41) is 1.26. The molecule has 1 fully saturated rings. The lowest BCUT2D eigenvalue weighted by Crippen LogP contribution is -2.37. The number of rotatable bonds is 13. The molecule has 0 atom stereocenters. The van der Waals surface area contributed by atoms with Crippen LogP contribution in [0.3, 0.4) is 0 Å². The first-order valence-corrected chi connectivity index (χ1v) is 15.5. The van der Waals surface area contributed by atoms with E-state index in [-0.39, 0.29) is 24.2 Å². The molecule has 4 rings (SSSR count). The third-order valence-corrected chi connectivity index (χ3v) is 7.96. The van der Waals surface area contributed by atoms with E-state index in [1.165, 1.54) is 18.3 Å². The normalized spacial score (nSPS) is 13.8. The van der Waals surface area contributed by atoms with Crippen molar-refractivity contribution in [3.8, 4) is 0 Å². The van der Waals surface area contributed by atoms with Gasteiger partial charge in [0.15, 0.2) is 11.1 Å². The van der Waals surface area contributed by atoms with Gasteiger partial charge in [0.25, 0.3) is 21.9 Å². The summed E-state index contributed by atoms with van der Waals surface area (Å²) in [6.45, 7) is 6.07. The topological polar surface area (TPSA) is 155 Å². The molecule has 0 unspecified atom stereocenters. The lowest BCUT2D eigenvalue weighted by atomic mass is 10.1. The van der Waals surface area contributed by atoms with Gasteiger partial charge in [0, 0.05) is 68.1 Å². The standard InChI is InChI=1S/C30H33N3O9S/c1-3-31(4-2)24-12-9-21-18-22(30(37)41-26(21)19-24)10-11-23-13-14-25(43(38,39)40)20-32(23)17-7-5-6-8-29(36)42-33-27(34)15-16-28(33)35/h9-14,18-20H,3-8,15-17H2,1-2H3/p+1. The largest absolute Gasteiger partial charge is 0.422 e. The highest BCUT2D eigenvalue weighted by Crippen LogP contribution is 2.22. The van der Waals surface area contributed by atoms with Gasteiger partial charge in [-0.25, -0.2) is 9.59 Å². The first kappa shape index (κ1) is 31.6. The smallest absolute Gasteiger partial charge is 0.343 e. The molecule has 2 aromatic heterocycles. The van der Waals surface area contributed by atoms with Crippen molar-refractivity contribution in [2.75, 3.05) is 18.0 Å². The van der Waals surface area contributed by atoms with E-state index in [9.17, 15) is 32.1 Å². The quantitative estimate of drug-likeness (QED) is 0.0997. The molecule has 1 aliphatic heterocycles. The molecule has 228 valence electrons. The summed E-state index contributed by atoms with van der Waals surface area (Å²) in [6.07, 6.45) is 6.05. The average molecular weight is 613 g/mol. The van der Waals surface area contributed by atoms with Gasteiger partial charge in [-0.1, -0.05) is 0 Å². The number of carbonyl (C=O) groups excluding carboxylic acids is 3. The maximum atomic E-state index is 12.8. The number of aromatic nitrogens is 1. The first-order valence-electron chi connectivity index (χ1n) is 14.1. The molecule has 0 radical (unpaired) electrons. The molecule has 0 aliphatic carbocycles. The van der Waals surface area contributed by atoms with Gasteiger partial charge in [-0.15, -0.1) is 5.06 Å². The number of fused-ring (bicyclic) bond motifs is 1. The molecule has 1 N–H and O–H groups in total. The summed E-state index contributed by atoms with van der Waals surface area (Å²) in [6, 6.07) is 10.2. The maximum Gasteiger partial charge on any atom is 0.343 e. The Morgan fingerprint density at radius 2 is 1.74 bits per heavy atom. The van der Waals surface area contributed by atoms with Crippen LogP contribution in [0.1, 0.15) is 63.6 Å². The molecule has 43 heavy (non-hydrogen) atoms. The fourth-order valence-corrected chi connectivity index (χ4v) is 5.26. The van der Waals surface area contributed by atoms with Crippen LogP contribution in [0.5, 0.6) is 0 Å². The first-order chi connectivity index (χ1) is 20.5. The van der Waals surface area contributed by atoms with Crippen LogP contribution in [-0.2, 0) is 35.9 Å². The summed E-state index contributed by atoms with van der Waals surface area (Å²) >= 11 is 0. The average Bonchev–Trinajstić information content (AvgIpc) is 3.28. The molecule has 0 spiro atoms. The van der Waals surface area contributed by atoms with Crippen molar-refractivity contribution in [3.05, 3.63) is 64.3 Å². The van der Waals surface area contributed by atoms with Crippen LogP contribution in [0.2, 0.25) is 0 Å². The zero-order valence-electron chi connectivity index (χ0n) is 24.0. The minimum Gasteiger partial charge on any atom is -0.422 e. The van der Waals surface area contributed by atoms with Crippen molar-refractivity contribution < 1.29 is 41.2 Å². The van der Waals surface area contributed by atoms with E-state index >= 15 is 0 Å². The number of imide groups is 1. The highest BCUT2D eigenvalue weighted by molar-refractivity contribution is 7.85. The van der Waals surface area contributed by atoms with Crippen molar-refractivity contribution in [2.24, 2.45) is 0 Å². The van der Waals surface area contributed by atoms with Gasteiger partial charge >= 0.3 is 11.6 Å². The number of unbranched alkanes of at least 4 members (excludes halogenated alkanes) is 2. The van der Waals surface area contributed by atoms with E-state index in [4.69, 9.17) is 9.25 Å². The molecule has 2 amide bonds. The van der Waals surface area contributed by atoms with Gasteiger partial charge in [0.1, 0.15) is 12.1 Å². The molecule has 3 aromatic rings. The van der Waals surface area contributed by atoms with Crippen LogP contribution in [0, 0.1) is 0 Å². The molecule has 1 aliphatic rings. The van der Waals surface area contributed by atoms with Gasteiger partial charge in [-0.3, -0.25) is 14.1 Å². The maximum absolute atomic E-state index is 12.8. The lowest BCUT2D eigenvalue weighted by molar-refractivity contribution is -0.700. The van der Waals surface area contributed by atoms with Crippen molar-refractivity contribution in [2.45, 2.75) is 63.8 Å². The molecule has 12 nitrogen and oxygen atoms in total. The van der Waals surface area contributed by atoms with Crippen LogP contribution in [0.4, 0.5) is 5.69 Å². The number of hydrogen-bond donors (Lipinski definition) is 1. The Kier molecular flexibility index (Phi) is 10.1. The van der Waals surface area contributed by atoms with Crippen molar-refractivity contribution in [1.29, 1.82) is 0 Å². The van der Waals surface area contributed by atoms with E-state index < -0.39 is 33.5 Å². The zero-order valence-corrected chi connectivity index (χ0v) is 24.8. The van der Waals surface area contributed by atoms with Crippen molar-refractivity contribution >= 4 is 56.7 Å². The van der Waals surface area contributed by atoms with E-state index in [2.05, 4.69) is 4.90 Å². The van der Waals surface area contributed by atoms with Crippen LogP contribution in [0.15, 0.2) is 56.7 Å². The number of anilines is 1. The Bertz CT molecular complexity index is 1710. The monoisotopic (exact) mass is 612 g/mol. The number of pyridine rings is 1. The molecular weight excluding hydrogens is 578 g/mol. The van der Waals surface area contributed by atoms with Gasteiger partial charge in [-0.2, -0.15) is 13.0 Å². The number of hydroxylamine groups is 2. The number of amides is 2. The minimum absolute atomic E-state index is 0.00625. The highest BCUT2D eigenvalue weighted by atomic mass is 32.2. The highest BCUT2D eigenvalue weighted by Gasteiger charge is 2.32. The third kappa shape index (κ3) is 7.93. The Balaban J connectivity index is 1.45. The Morgan fingerprint density at radius 1 is 1.02 bits per heavy atom. The SMILES string of the molecule is CCN(CC)c1ccc2cc(/C=C/c3ccc(S(=O)(=O)O)c[n+]3CCCCCC(=O)ON3C(=O)CCC3=O)c(=O)oc2c1. The van der Waals surface area contributed by atoms with E-state index in [1.54, 1.807) is 22.8 Å². The summed E-state index contributed by atoms with van der Waals surface area (Å²) in [5.74, 6) is -1.77. The second kappa shape index (κ2) is 13.7. The molecule has 13 heteroatoms.